The van der Waals surface area contributed by atoms with Gasteiger partial charge in [-0.3, -0.25) is 14.9 Å². The van der Waals surface area contributed by atoms with Gasteiger partial charge in [0.2, 0.25) is 0 Å². The fraction of sp³-hybridized carbons (Fsp3) is 0.364. The van der Waals surface area contributed by atoms with Crippen LogP contribution < -0.4 is 10.9 Å². The van der Waals surface area contributed by atoms with Crippen molar-refractivity contribution < 1.29 is 4.92 Å². The van der Waals surface area contributed by atoms with Gasteiger partial charge in [0.15, 0.2) is 0 Å². The molecule has 2 aromatic heterocycles. The van der Waals surface area contributed by atoms with E-state index in [2.05, 4.69) is 14.9 Å². The first kappa shape index (κ1) is 14.1. The molecule has 1 N–H and O–H groups in total. The van der Waals surface area contributed by atoms with E-state index in [0.29, 0.717) is 5.69 Å². The van der Waals surface area contributed by atoms with Crippen LogP contribution in [0.5, 0.6) is 0 Å². The SMILES string of the molecule is CCCNc1snnc1Cn1cc([N+](=O)[O-])ccc1=O. The molecule has 0 saturated heterocycles. The van der Waals surface area contributed by atoms with Gasteiger partial charge in [0, 0.05) is 30.2 Å². The zero-order valence-electron chi connectivity index (χ0n) is 10.8. The number of anilines is 1. The Balaban J connectivity index is 2.26. The van der Waals surface area contributed by atoms with Gasteiger partial charge in [-0.2, -0.15) is 0 Å². The van der Waals surface area contributed by atoms with Crippen LogP contribution in [0.15, 0.2) is 23.1 Å². The molecule has 0 fully saturated rings. The van der Waals surface area contributed by atoms with E-state index >= 15 is 0 Å². The minimum absolute atomic E-state index is 0.129. The predicted octanol–water partition coefficient (Wildman–Crippen LogP) is 1.48. The summed E-state index contributed by atoms with van der Waals surface area (Å²) in [6, 6.07) is 2.37. The standard InChI is InChI=1S/C11H13N5O3S/c1-2-5-12-11-9(13-14-20-11)7-15-6-8(16(18)19)3-4-10(15)17/h3-4,6,12H,2,5,7H2,1H3. The average molecular weight is 295 g/mol. The van der Waals surface area contributed by atoms with Crippen molar-refractivity contribution in [2.75, 3.05) is 11.9 Å². The molecule has 0 aromatic carbocycles. The maximum Gasteiger partial charge on any atom is 0.285 e. The Kier molecular flexibility index (Phi) is 4.41. The number of pyridine rings is 1. The number of aromatic nitrogens is 3. The van der Waals surface area contributed by atoms with Gasteiger partial charge < -0.3 is 9.88 Å². The summed E-state index contributed by atoms with van der Waals surface area (Å²) in [5.74, 6) is 0. The fourth-order valence-electron chi connectivity index (χ4n) is 1.60. The van der Waals surface area contributed by atoms with Crippen LogP contribution in [-0.2, 0) is 6.54 Å². The van der Waals surface area contributed by atoms with Crippen LogP contribution in [-0.4, -0.2) is 25.6 Å². The largest absolute Gasteiger partial charge is 0.374 e. The van der Waals surface area contributed by atoms with E-state index in [1.807, 2.05) is 6.92 Å². The number of hydrogen-bond acceptors (Lipinski definition) is 7. The van der Waals surface area contributed by atoms with Gasteiger partial charge in [-0.25, -0.2) is 0 Å². The van der Waals surface area contributed by atoms with Crippen molar-refractivity contribution >= 4 is 22.2 Å². The van der Waals surface area contributed by atoms with Gasteiger partial charge in [0.1, 0.15) is 10.7 Å². The summed E-state index contributed by atoms with van der Waals surface area (Å²) in [5.41, 5.74) is 0.159. The van der Waals surface area contributed by atoms with Crippen LogP contribution in [0.4, 0.5) is 10.7 Å². The molecule has 0 spiro atoms. The molecule has 0 aliphatic carbocycles. The van der Waals surface area contributed by atoms with E-state index in [1.165, 1.54) is 34.4 Å². The number of nitrogens with one attached hydrogen (secondary N) is 1. The monoisotopic (exact) mass is 295 g/mol. The third-order valence-corrected chi connectivity index (χ3v) is 3.32. The van der Waals surface area contributed by atoms with Gasteiger partial charge in [-0.15, -0.1) is 5.10 Å². The molecule has 9 heteroatoms. The molecule has 106 valence electrons. The molecule has 8 nitrogen and oxygen atoms in total. The molecule has 2 heterocycles. The van der Waals surface area contributed by atoms with Crippen molar-refractivity contribution in [3.05, 3.63) is 44.5 Å². The molecule has 0 aliphatic rings. The number of nitrogens with zero attached hydrogens (tertiary/aromatic N) is 4. The molecule has 2 aromatic rings. The highest BCUT2D eigenvalue weighted by atomic mass is 32.1. The smallest absolute Gasteiger partial charge is 0.285 e. The molecular weight excluding hydrogens is 282 g/mol. The van der Waals surface area contributed by atoms with E-state index in [0.717, 1.165) is 18.0 Å². The molecule has 20 heavy (non-hydrogen) atoms. The third-order valence-electron chi connectivity index (χ3n) is 2.59. The van der Waals surface area contributed by atoms with Gasteiger partial charge in [0.05, 0.1) is 17.7 Å². The lowest BCUT2D eigenvalue weighted by Crippen LogP contribution is -2.20. The summed E-state index contributed by atoms with van der Waals surface area (Å²) in [7, 11) is 0. The summed E-state index contributed by atoms with van der Waals surface area (Å²) >= 11 is 1.20. The van der Waals surface area contributed by atoms with Crippen LogP contribution >= 0.6 is 11.5 Å². The fourth-order valence-corrected chi connectivity index (χ4v) is 2.19. The molecule has 0 bridgehead atoms. The highest BCUT2D eigenvalue weighted by molar-refractivity contribution is 7.10. The molecule has 0 atom stereocenters. The lowest BCUT2D eigenvalue weighted by molar-refractivity contribution is -0.385. The van der Waals surface area contributed by atoms with E-state index in [9.17, 15) is 14.9 Å². The lowest BCUT2D eigenvalue weighted by Gasteiger charge is -2.05. The van der Waals surface area contributed by atoms with Crippen LogP contribution in [0.3, 0.4) is 0 Å². The molecule has 0 saturated carbocycles. The summed E-state index contributed by atoms with van der Waals surface area (Å²) in [6.07, 6.45) is 2.17. The maximum absolute atomic E-state index is 11.7. The van der Waals surface area contributed by atoms with Crippen LogP contribution in [0.1, 0.15) is 19.0 Å². The van der Waals surface area contributed by atoms with Crippen LogP contribution in [0, 0.1) is 10.1 Å². The first-order valence-corrected chi connectivity index (χ1v) is 6.79. The van der Waals surface area contributed by atoms with E-state index in [-0.39, 0.29) is 17.8 Å². The Hall–Kier alpha value is -2.29. The second-order valence-corrected chi connectivity index (χ2v) is 4.84. The summed E-state index contributed by atoms with van der Waals surface area (Å²) < 4.78 is 5.09. The van der Waals surface area contributed by atoms with Crippen molar-refractivity contribution in [1.82, 2.24) is 14.2 Å². The molecule has 0 amide bonds. The van der Waals surface area contributed by atoms with Crippen molar-refractivity contribution in [2.24, 2.45) is 0 Å². The van der Waals surface area contributed by atoms with Crippen molar-refractivity contribution in [3.63, 3.8) is 0 Å². The zero-order chi connectivity index (χ0) is 14.5. The second kappa shape index (κ2) is 6.24. The van der Waals surface area contributed by atoms with Crippen molar-refractivity contribution in [3.8, 4) is 0 Å². The lowest BCUT2D eigenvalue weighted by atomic mass is 10.3. The van der Waals surface area contributed by atoms with E-state index in [1.54, 1.807) is 0 Å². The van der Waals surface area contributed by atoms with Crippen molar-refractivity contribution in [1.29, 1.82) is 0 Å². The molecule has 0 radical (unpaired) electrons. The topological polar surface area (TPSA) is 103 Å². The second-order valence-electron chi connectivity index (χ2n) is 4.09. The summed E-state index contributed by atoms with van der Waals surface area (Å²) in [4.78, 5) is 21.9. The summed E-state index contributed by atoms with van der Waals surface area (Å²) in [6.45, 7) is 2.97. The van der Waals surface area contributed by atoms with Crippen LogP contribution in [0.2, 0.25) is 0 Å². The number of hydrogen-bond donors (Lipinski definition) is 1. The normalized spacial score (nSPS) is 10.4. The Morgan fingerprint density at radius 3 is 3.00 bits per heavy atom. The molecule has 0 aliphatic heterocycles. The number of nitro groups is 1. The highest BCUT2D eigenvalue weighted by Crippen LogP contribution is 2.18. The Bertz CT molecular complexity index is 666. The third kappa shape index (κ3) is 3.18. The zero-order valence-corrected chi connectivity index (χ0v) is 11.6. The highest BCUT2D eigenvalue weighted by Gasteiger charge is 2.12. The average Bonchev–Trinajstić information content (AvgIpc) is 2.86. The minimum atomic E-state index is -0.536. The molecule has 0 unspecified atom stereocenters. The molecule has 2 rings (SSSR count). The maximum atomic E-state index is 11.7. The Morgan fingerprint density at radius 1 is 1.50 bits per heavy atom. The van der Waals surface area contributed by atoms with Gasteiger partial charge in [0.25, 0.3) is 11.2 Å². The van der Waals surface area contributed by atoms with E-state index in [4.69, 9.17) is 0 Å². The number of rotatable bonds is 6. The van der Waals surface area contributed by atoms with Gasteiger partial charge in [-0.1, -0.05) is 11.4 Å². The Morgan fingerprint density at radius 2 is 2.30 bits per heavy atom. The molecular formula is C11H13N5O3S. The van der Waals surface area contributed by atoms with Gasteiger partial charge in [-0.05, 0) is 6.42 Å². The van der Waals surface area contributed by atoms with Crippen LogP contribution in [0.25, 0.3) is 0 Å². The quantitative estimate of drug-likeness (QED) is 0.639. The summed E-state index contributed by atoms with van der Waals surface area (Å²) in [5, 5.41) is 18.6. The van der Waals surface area contributed by atoms with E-state index < -0.39 is 4.92 Å². The van der Waals surface area contributed by atoms with Gasteiger partial charge >= 0.3 is 0 Å². The first-order chi connectivity index (χ1) is 9.61. The minimum Gasteiger partial charge on any atom is -0.374 e. The predicted molar refractivity (Wildman–Crippen MR) is 75.1 cm³/mol. The van der Waals surface area contributed by atoms with Crippen molar-refractivity contribution in [2.45, 2.75) is 19.9 Å². The Labute approximate surface area is 118 Å². The first-order valence-electron chi connectivity index (χ1n) is 6.01.